The van der Waals surface area contributed by atoms with Crippen LogP contribution in [0, 0.1) is 5.92 Å². The lowest BCUT2D eigenvalue weighted by molar-refractivity contribution is -0.144. The van der Waals surface area contributed by atoms with Crippen LogP contribution in [0.1, 0.15) is 23.0 Å². The van der Waals surface area contributed by atoms with Crippen molar-refractivity contribution >= 4 is 11.9 Å². The smallest absolute Gasteiger partial charge is 0.360 e. The van der Waals surface area contributed by atoms with Crippen molar-refractivity contribution in [1.29, 1.82) is 0 Å². The lowest BCUT2D eigenvalue weighted by atomic mass is 10.0. The molecule has 7 nitrogen and oxygen atoms in total. The molecule has 1 heterocycles. The van der Waals surface area contributed by atoms with Gasteiger partial charge in [0.2, 0.25) is 0 Å². The van der Waals surface area contributed by atoms with Crippen LogP contribution in [0.25, 0.3) is 5.69 Å². The largest absolute Gasteiger partial charge is 0.469 e. The summed E-state index contributed by atoms with van der Waals surface area (Å²) in [5, 5.41) is 7.62. The van der Waals surface area contributed by atoms with E-state index in [4.69, 9.17) is 4.74 Å². The van der Waals surface area contributed by atoms with Gasteiger partial charge in [-0.2, -0.15) is 0 Å². The molecule has 2 aromatic rings. The van der Waals surface area contributed by atoms with Crippen LogP contribution in [0.3, 0.4) is 0 Å². The SMILES string of the molecule is COC(=O)c1cn(-c2ccc(C[C@H](C)C(=O)OC)cc2)nn1. The number of methoxy groups -OCH3 is 2. The first-order valence-electron chi connectivity index (χ1n) is 6.73. The summed E-state index contributed by atoms with van der Waals surface area (Å²) in [5.74, 6) is -0.967. The van der Waals surface area contributed by atoms with Crippen molar-refractivity contribution in [3.63, 3.8) is 0 Å². The summed E-state index contributed by atoms with van der Waals surface area (Å²) in [6, 6.07) is 7.48. The van der Waals surface area contributed by atoms with Crippen LogP contribution in [-0.2, 0) is 20.7 Å². The number of nitrogens with zero attached hydrogens (tertiary/aromatic N) is 3. The third kappa shape index (κ3) is 3.49. The minimum atomic E-state index is -0.533. The summed E-state index contributed by atoms with van der Waals surface area (Å²) in [5.41, 5.74) is 1.91. The van der Waals surface area contributed by atoms with Gasteiger partial charge in [-0.1, -0.05) is 24.3 Å². The second kappa shape index (κ2) is 6.84. The number of hydrogen-bond donors (Lipinski definition) is 0. The van der Waals surface area contributed by atoms with Crippen LogP contribution in [0.5, 0.6) is 0 Å². The van der Waals surface area contributed by atoms with Gasteiger partial charge in [-0.15, -0.1) is 5.10 Å². The number of hydrogen-bond acceptors (Lipinski definition) is 6. The molecule has 1 atom stereocenters. The van der Waals surface area contributed by atoms with E-state index < -0.39 is 5.97 Å². The second-order valence-electron chi connectivity index (χ2n) is 4.83. The Kier molecular flexibility index (Phi) is 4.88. The molecular formula is C15H17N3O4. The Labute approximate surface area is 127 Å². The van der Waals surface area contributed by atoms with Crippen molar-refractivity contribution in [2.45, 2.75) is 13.3 Å². The van der Waals surface area contributed by atoms with E-state index in [2.05, 4.69) is 15.0 Å². The van der Waals surface area contributed by atoms with Crippen molar-refractivity contribution in [2.75, 3.05) is 14.2 Å². The topological polar surface area (TPSA) is 83.3 Å². The molecule has 2 rings (SSSR count). The molecule has 116 valence electrons. The van der Waals surface area contributed by atoms with Gasteiger partial charge < -0.3 is 9.47 Å². The Morgan fingerprint density at radius 3 is 2.45 bits per heavy atom. The first-order chi connectivity index (χ1) is 10.5. The molecule has 1 aromatic heterocycles. The zero-order valence-corrected chi connectivity index (χ0v) is 12.6. The molecule has 7 heteroatoms. The van der Waals surface area contributed by atoms with Crippen molar-refractivity contribution in [3.05, 3.63) is 41.7 Å². The average Bonchev–Trinajstić information content (AvgIpc) is 3.03. The quantitative estimate of drug-likeness (QED) is 0.777. The Bertz CT molecular complexity index is 664. The van der Waals surface area contributed by atoms with E-state index in [9.17, 15) is 9.59 Å². The zero-order chi connectivity index (χ0) is 16.1. The van der Waals surface area contributed by atoms with Gasteiger partial charge in [0.25, 0.3) is 0 Å². The molecule has 0 aliphatic carbocycles. The van der Waals surface area contributed by atoms with Gasteiger partial charge in [-0.3, -0.25) is 4.79 Å². The maximum Gasteiger partial charge on any atom is 0.360 e. The number of aromatic nitrogens is 3. The standard InChI is InChI=1S/C15H17N3O4/c1-10(14(19)21-2)8-11-4-6-12(7-5-11)18-9-13(16-17-18)15(20)22-3/h4-7,9-10H,8H2,1-3H3/t10-/m0/s1. The van der Waals surface area contributed by atoms with E-state index in [1.54, 1.807) is 0 Å². The summed E-state index contributed by atoms with van der Waals surface area (Å²) in [7, 11) is 2.67. The van der Waals surface area contributed by atoms with Gasteiger partial charge >= 0.3 is 11.9 Å². The average molecular weight is 303 g/mol. The molecular weight excluding hydrogens is 286 g/mol. The van der Waals surface area contributed by atoms with Crippen LogP contribution in [0.4, 0.5) is 0 Å². The third-order valence-corrected chi connectivity index (χ3v) is 3.23. The van der Waals surface area contributed by atoms with Crippen LogP contribution < -0.4 is 0 Å². The number of esters is 2. The Morgan fingerprint density at radius 2 is 1.86 bits per heavy atom. The number of carbonyl (C=O) groups is 2. The van der Waals surface area contributed by atoms with E-state index >= 15 is 0 Å². The van der Waals surface area contributed by atoms with E-state index in [0.717, 1.165) is 11.3 Å². The number of benzene rings is 1. The van der Waals surface area contributed by atoms with Crippen molar-refractivity contribution < 1.29 is 19.1 Å². The molecule has 22 heavy (non-hydrogen) atoms. The zero-order valence-electron chi connectivity index (χ0n) is 12.6. The van der Waals surface area contributed by atoms with Gasteiger partial charge in [-0.05, 0) is 24.1 Å². The maximum atomic E-state index is 11.4. The van der Waals surface area contributed by atoms with Gasteiger partial charge in [0.1, 0.15) is 0 Å². The molecule has 0 bridgehead atoms. The molecule has 0 spiro atoms. The van der Waals surface area contributed by atoms with Crippen molar-refractivity contribution in [1.82, 2.24) is 15.0 Å². The molecule has 0 aliphatic heterocycles. The number of ether oxygens (including phenoxy) is 2. The predicted molar refractivity (Wildman–Crippen MR) is 77.6 cm³/mol. The first-order valence-corrected chi connectivity index (χ1v) is 6.73. The highest BCUT2D eigenvalue weighted by atomic mass is 16.5. The van der Waals surface area contributed by atoms with Crippen LogP contribution in [0.15, 0.2) is 30.5 Å². The van der Waals surface area contributed by atoms with Gasteiger partial charge in [0.05, 0.1) is 32.0 Å². The summed E-state index contributed by atoms with van der Waals surface area (Å²) in [6.07, 6.45) is 2.09. The lowest BCUT2D eigenvalue weighted by Gasteiger charge is -2.09. The molecule has 0 unspecified atom stereocenters. The van der Waals surface area contributed by atoms with E-state index in [1.807, 2.05) is 31.2 Å². The molecule has 0 saturated heterocycles. The summed E-state index contributed by atoms with van der Waals surface area (Å²) in [6.45, 7) is 1.82. The fourth-order valence-corrected chi connectivity index (χ4v) is 2.01. The third-order valence-electron chi connectivity index (χ3n) is 3.23. The first kappa shape index (κ1) is 15.7. The number of carbonyl (C=O) groups excluding carboxylic acids is 2. The highest BCUT2D eigenvalue weighted by molar-refractivity contribution is 5.86. The number of rotatable bonds is 5. The predicted octanol–water partition coefficient (Wildman–Crippen LogP) is 1.41. The molecule has 0 fully saturated rings. The summed E-state index contributed by atoms with van der Waals surface area (Å²) >= 11 is 0. The monoisotopic (exact) mass is 303 g/mol. The molecule has 0 aliphatic rings. The van der Waals surface area contributed by atoms with Crippen LogP contribution >= 0.6 is 0 Å². The molecule has 0 amide bonds. The summed E-state index contributed by atoms with van der Waals surface area (Å²) < 4.78 is 10.8. The normalized spacial score (nSPS) is 11.8. The Morgan fingerprint density at radius 1 is 1.18 bits per heavy atom. The molecule has 0 saturated carbocycles. The van der Waals surface area contributed by atoms with E-state index in [1.165, 1.54) is 25.1 Å². The fraction of sp³-hybridized carbons (Fsp3) is 0.333. The van der Waals surface area contributed by atoms with E-state index in [0.29, 0.717) is 6.42 Å². The Hall–Kier alpha value is -2.70. The van der Waals surface area contributed by atoms with Crippen molar-refractivity contribution in [3.8, 4) is 5.69 Å². The van der Waals surface area contributed by atoms with Crippen molar-refractivity contribution in [2.24, 2.45) is 5.92 Å². The Balaban J connectivity index is 2.10. The highest BCUT2D eigenvalue weighted by Crippen LogP contribution is 2.14. The van der Waals surface area contributed by atoms with Gasteiger partial charge in [0.15, 0.2) is 5.69 Å². The second-order valence-corrected chi connectivity index (χ2v) is 4.83. The minimum absolute atomic E-state index is 0.144. The maximum absolute atomic E-state index is 11.4. The minimum Gasteiger partial charge on any atom is -0.469 e. The molecule has 1 aromatic carbocycles. The van der Waals surface area contributed by atoms with Gasteiger partial charge in [0, 0.05) is 0 Å². The lowest BCUT2D eigenvalue weighted by Crippen LogP contribution is -2.15. The fourth-order valence-electron chi connectivity index (χ4n) is 2.01. The molecule has 0 N–H and O–H groups in total. The van der Waals surface area contributed by atoms with Crippen LogP contribution in [-0.4, -0.2) is 41.2 Å². The molecule has 0 radical (unpaired) electrons. The van der Waals surface area contributed by atoms with Gasteiger partial charge in [-0.25, -0.2) is 9.48 Å². The highest BCUT2D eigenvalue weighted by Gasteiger charge is 2.14. The van der Waals surface area contributed by atoms with E-state index in [-0.39, 0.29) is 17.6 Å². The van der Waals surface area contributed by atoms with Crippen LogP contribution in [0.2, 0.25) is 0 Å². The summed E-state index contributed by atoms with van der Waals surface area (Å²) in [4.78, 5) is 22.8.